The topological polar surface area (TPSA) is 72.8 Å². The van der Waals surface area contributed by atoms with Crippen LogP contribution in [0.15, 0.2) is 54.6 Å². The van der Waals surface area contributed by atoms with Crippen LogP contribution in [0, 0.1) is 18.8 Å². The van der Waals surface area contributed by atoms with Crippen molar-refractivity contribution in [3.63, 3.8) is 0 Å². The lowest BCUT2D eigenvalue weighted by atomic mass is 9.89. The van der Waals surface area contributed by atoms with Gasteiger partial charge in [0.25, 0.3) is 0 Å². The van der Waals surface area contributed by atoms with E-state index in [0.29, 0.717) is 12.8 Å². The van der Waals surface area contributed by atoms with Crippen molar-refractivity contribution in [1.82, 2.24) is 0 Å². The number of hydrogen-bond donors (Lipinski definition) is 1. The van der Waals surface area contributed by atoms with Crippen LogP contribution in [0.3, 0.4) is 0 Å². The molecule has 1 fully saturated rings. The van der Waals surface area contributed by atoms with Crippen molar-refractivity contribution in [1.29, 1.82) is 0 Å². The number of carbonyl (C=O) groups is 2. The maximum absolute atomic E-state index is 12.6. The molecule has 0 amide bonds. The number of aliphatic hydroxyl groups excluding tert-OH is 1. The molecule has 31 heavy (non-hydrogen) atoms. The molecule has 5 heteroatoms. The van der Waals surface area contributed by atoms with Crippen LogP contribution in [0.4, 0.5) is 0 Å². The molecule has 0 spiro atoms. The van der Waals surface area contributed by atoms with Gasteiger partial charge in [-0.25, -0.2) is 9.59 Å². The van der Waals surface area contributed by atoms with Gasteiger partial charge in [0.05, 0.1) is 12.2 Å². The van der Waals surface area contributed by atoms with Crippen molar-refractivity contribution in [3.05, 3.63) is 65.8 Å². The second-order valence-electron chi connectivity index (χ2n) is 8.51. The lowest BCUT2D eigenvalue weighted by Crippen LogP contribution is -2.27. The van der Waals surface area contributed by atoms with Crippen LogP contribution in [0.25, 0.3) is 6.08 Å². The molecule has 0 aromatic heterocycles. The lowest BCUT2D eigenvalue weighted by molar-refractivity contribution is -0.145. The Morgan fingerprint density at radius 3 is 2.84 bits per heavy atom. The molecule has 5 atom stereocenters. The maximum Gasteiger partial charge on any atom is 0.331 e. The Hall–Kier alpha value is -2.66. The normalized spacial score (nSPS) is 30.5. The van der Waals surface area contributed by atoms with E-state index in [2.05, 4.69) is 12.2 Å². The first-order valence-corrected chi connectivity index (χ1v) is 11.1. The van der Waals surface area contributed by atoms with Crippen molar-refractivity contribution in [2.24, 2.45) is 11.8 Å². The highest BCUT2D eigenvalue weighted by molar-refractivity contribution is 5.87. The van der Waals surface area contributed by atoms with Gasteiger partial charge in [0, 0.05) is 18.1 Å². The first-order chi connectivity index (χ1) is 14.9. The van der Waals surface area contributed by atoms with Crippen LogP contribution in [-0.2, 0) is 19.1 Å². The summed E-state index contributed by atoms with van der Waals surface area (Å²) < 4.78 is 11.2. The van der Waals surface area contributed by atoms with Gasteiger partial charge in [0.1, 0.15) is 6.10 Å². The van der Waals surface area contributed by atoms with Gasteiger partial charge >= 0.3 is 11.9 Å². The van der Waals surface area contributed by atoms with Gasteiger partial charge in [-0.3, -0.25) is 0 Å². The number of rotatable bonds is 3. The molecule has 1 saturated carbocycles. The van der Waals surface area contributed by atoms with Gasteiger partial charge in [-0.1, -0.05) is 36.4 Å². The number of allylic oxidation sites excluding steroid dienone is 2. The van der Waals surface area contributed by atoms with E-state index >= 15 is 0 Å². The SMILES string of the molecule is Cc1ccccc1/C=C/C(=O)O[C@@H]1C=CC(=O)O[C@@H](C)CCC/C=C/[C@@H]2C[C@H](O)C[C@H]21. The molecule has 2 aliphatic rings. The summed E-state index contributed by atoms with van der Waals surface area (Å²) in [5, 5.41) is 10.3. The number of hydrogen-bond acceptors (Lipinski definition) is 5. The summed E-state index contributed by atoms with van der Waals surface area (Å²) in [4.78, 5) is 24.8. The molecule has 0 bridgehead atoms. The average Bonchev–Trinajstić information content (AvgIpc) is 3.10. The van der Waals surface area contributed by atoms with E-state index in [-0.39, 0.29) is 17.9 Å². The molecule has 1 aromatic rings. The molecular formula is C26H32O5. The number of carbonyl (C=O) groups excluding carboxylic acids is 2. The molecule has 1 aliphatic heterocycles. The first kappa shape index (κ1) is 23.0. The van der Waals surface area contributed by atoms with E-state index in [1.54, 1.807) is 12.2 Å². The molecule has 166 valence electrons. The summed E-state index contributed by atoms with van der Waals surface area (Å²) in [6.45, 7) is 3.86. The first-order valence-electron chi connectivity index (χ1n) is 11.1. The summed E-state index contributed by atoms with van der Waals surface area (Å²) in [7, 11) is 0. The maximum atomic E-state index is 12.6. The number of benzene rings is 1. The van der Waals surface area contributed by atoms with Gasteiger partial charge in [-0.2, -0.15) is 0 Å². The fourth-order valence-electron chi connectivity index (χ4n) is 4.31. The summed E-state index contributed by atoms with van der Waals surface area (Å²) in [6, 6.07) is 7.78. The zero-order chi connectivity index (χ0) is 22.2. The smallest absolute Gasteiger partial charge is 0.331 e. The summed E-state index contributed by atoms with van der Waals surface area (Å²) in [5.41, 5.74) is 2.01. The number of aliphatic hydroxyl groups is 1. The zero-order valence-corrected chi connectivity index (χ0v) is 18.3. The van der Waals surface area contributed by atoms with Crippen LogP contribution >= 0.6 is 0 Å². The summed E-state index contributed by atoms with van der Waals surface area (Å²) in [6.07, 6.45) is 12.9. The van der Waals surface area contributed by atoms with Gasteiger partial charge < -0.3 is 14.6 Å². The quantitative estimate of drug-likeness (QED) is 0.438. The molecule has 3 rings (SSSR count). The van der Waals surface area contributed by atoms with Crippen LogP contribution in [0.1, 0.15) is 50.2 Å². The minimum Gasteiger partial charge on any atom is -0.460 e. The van der Waals surface area contributed by atoms with Gasteiger partial charge in [-0.15, -0.1) is 0 Å². The summed E-state index contributed by atoms with van der Waals surface area (Å²) in [5.74, 6) is -0.921. The standard InChI is InChI=1S/C26H32O5/c1-18-8-6-7-10-20(18)12-14-26(29)31-24-13-15-25(28)30-19(2)9-4-3-5-11-21-16-22(27)17-23(21)24/h5-8,10-15,19,21-24,27H,3-4,9,16-17H2,1-2H3/b11-5+,14-12+,15-13?/t19-,21+,22-,23+,24+/m0/s1. The van der Waals surface area contributed by atoms with Crippen molar-refractivity contribution < 1.29 is 24.2 Å². The third-order valence-electron chi connectivity index (χ3n) is 6.00. The number of fused-ring (bicyclic) bond motifs is 1. The number of ether oxygens (including phenoxy) is 2. The van der Waals surface area contributed by atoms with Gasteiger partial charge in [0.15, 0.2) is 0 Å². The van der Waals surface area contributed by atoms with E-state index in [4.69, 9.17) is 9.47 Å². The van der Waals surface area contributed by atoms with Crippen LogP contribution < -0.4 is 0 Å². The van der Waals surface area contributed by atoms with Crippen molar-refractivity contribution in [2.45, 2.75) is 64.3 Å². The molecule has 0 unspecified atom stereocenters. The Balaban J connectivity index is 1.79. The molecular weight excluding hydrogens is 392 g/mol. The van der Waals surface area contributed by atoms with Crippen molar-refractivity contribution >= 4 is 18.0 Å². The summed E-state index contributed by atoms with van der Waals surface area (Å²) >= 11 is 0. The van der Waals surface area contributed by atoms with E-state index < -0.39 is 24.1 Å². The Morgan fingerprint density at radius 2 is 2.03 bits per heavy atom. The Kier molecular flexibility index (Phi) is 8.24. The van der Waals surface area contributed by atoms with Crippen LogP contribution in [-0.4, -0.2) is 35.4 Å². The lowest BCUT2D eigenvalue weighted by Gasteiger charge is -2.24. The van der Waals surface area contributed by atoms with E-state index in [1.165, 1.54) is 12.2 Å². The van der Waals surface area contributed by atoms with Crippen molar-refractivity contribution in [2.75, 3.05) is 0 Å². The minimum absolute atomic E-state index is 0.0898. The minimum atomic E-state index is -0.621. The third kappa shape index (κ3) is 6.93. The number of cyclic esters (lactones) is 1. The van der Waals surface area contributed by atoms with Gasteiger partial charge in [0.2, 0.25) is 0 Å². The largest absolute Gasteiger partial charge is 0.460 e. The Morgan fingerprint density at radius 1 is 1.23 bits per heavy atom. The van der Waals surface area contributed by atoms with Crippen LogP contribution in [0.2, 0.25) is 0 Å². The predicted octanol–water partition coefficient (Wildman–Crippen LogP) is 4.54. The highest BCUT2D eigenvalue weighted by Gasteiger charge is 2.38. The molecule has 1 N–H and O–H groups in total. The Bertz CT molecular complexity index is 853. The fourth-order valence-corrected chi connectivity index (χ4v) is 4.31. The van der Waals surface area contributed by atoms with Crippen molar-refractivity contribution in [3.8, 4) is 0 Å². The van der Waals surface area contributed by atoms with Gasteiger partial charge in [-0.05, 0) is 75.1 Å². The predicted molar refractivity (Wildman–Crippen MR) is 120 cm³/mol. The number of esters is 2. The second kappa shape index (κ2) is 11.1. The molecule has 0 radical (unpaired) electrons. The zero-order valence-electron chi connectivity index (χ0n) is 18.3. The highest BCUT2D eigenvalue weighted by Crippen LogP contribution is 2.37. The molecule has 1 aliphatic carbocycles. The van der Waals surface area contributed by atoms with E-state index in [0.717, 1.165) is 30.4 Å². The fraction of sp³-hybridized carbons (Fsp3) is 0.462. The van der Waals surface area contributed by atoms with E-state index in [1.807, 2.05) is 38.1 Å². The molecule has 5 nitrogen and oxygen atoms in total. The second-order valence-corrected chi connectivity index (χ2v) is 8.51. The average molecular weight is 425 g/mol. The van der Waals surface area contributed by atoms with Crippen LogP contribution in [0.5, 0.6) is 0 Å². The number of aryl methyl sites for hydroxylation is 1. The molecule has 1 aromatic carbocycles. The Labute approximate surface area is 184 Å². The third-order valence-corrected chi connectivity index (χ3v) is 6.00. The monoisotopic (exact) mass is 424 g/mol. The molecule has 0 saturated heterocycles. The molecule has 1 heterocycles. The highest BCUT2D eigenvalue weighted by atomic mass is 16.5. The van der Waals surface area contributed by atoms with E-state index in [9.17, 15) is 14.7 Å².